The highest BCUT2D eigenvalue weighted by atomic mass is 16.5. The molecule has 0 saturated carbocycles. The van der Waals surface area contributed by atoms with Crippen LogP contribution in [0.25, 0.3) is 16.6 Å². The van der Waals surface area contributed by atoms with Crippen molar-refractivity contribution in [1.82, 2.24) is 14.5 Å². The zero-order valence-corrected chi connectivity index (χ0v) is 18.5. The number of rotatable bonds is 7. The van der Waals surface area contributed by atoms with Crippen molar-refractivity contribution in [1.29, 1.82) is 0 Å². The molecule has 0 amide bonds. The highest BCUT2D eigenvalue weighted by Crippen LogP contribution is 2.20. The molecular formula is C25H31N3O3. The van der Waals surface area contributed by atoms with Gasteiger partial charge in [0.2, 0.25) is 0 Å². The Hall–Kier alpha value is -2.86. The van der Waals surface area contributed by atoms with Crippen LogP contribution in [-0.4, -0.2) is 47.8 Å². The second kappa shape index (κ2) is 9.96. The lowest BCUT2D eigenvalue weighted by atomic mass is 10.2. The molecule has 0 aliphatic carbocycles. The van der Waals surface area contributed by atoms with Gasteiger partial charge in [-0.25, -0.2) is 4.98 Å². The van der Waals surface area contributed by atoms with E-state index in [0.29, 0.717) is 29.1 Å². The van der Waals surface area contributed by atoms with Crippen molar-refractivity contribution in [2.24, 2.45) is 0 Å². The molecule has 0 radical (unpaired) electrons. The van der Waals surface area contributed by atoms with E-state index in [4.69, 9.17) is 9.47 Å². The van der Waals surface area contributed by atoms with Crippen LogP contribution in [-0.2, 0) is 0 Å². The lowest BCUT2D eigenvalue weighted by molar-refractivity contribution is 0.240. The number of benzene rings is 2. The first-order valence-electron chi connectivity index (χ1n) is 11.2. The third-order valence-corrected chi connectivity index (χ3v) is 5.92. The molecule has 164 valence electrons. The van der Waals surface area contributed by atoms with Gasteiger partial charge in [-0.1, -0.05) is 12.8 Å². The molecule has 6 nitrogen and oxygen atoms in total. The van der Waals surface area contributed by atoms with Crippen LogP contribution in [0.4, 0.5) is 0 Å². The van der Waals surface area contributed by atoms with Gasteiger partial charge in [0.15, 0.2) is 0 Å². The first kappa shape index (κ1) is 21.4. The summed E-state index contributed by atoms with van der Waals surface area (Å²) in [6.07, 6.45) is 6.39. The predicted octanol–water partition coefficient (Wildman–Crippen LogP) is 4.35. The van der Waals surface area contributed by atoms with E-state index >= 15 is 0 Å². The van der Waals surface area contributed by atoms with Gasteiger partial charge in [-0.3, -0.25) is 9.36 Å². The van der Waals surface area contributed by atoms with Crippen LogP contribution in [0.1, 0.15) is 37.9 Å². The summed E-state index contributed by atoms with van der Waals surface area (Å²) in [5.41, 5.74) is 1.34. The summed E-state index contributed by atoms with van der Waals surface area (Å²) in [5.74, 6) is 2.11. The molecule has 0 atom stereocenters. The zero-order chi connectivity index (χ0) is 21.6. The molecule has 1 saturated heterocycles. The number of methoxy groups -OCH3 is 1. The lowest BCUT2D eigenvalue weighted by Crippen LogP contribution is -2.26. The molecule has 0 unspecified atom stereocenters. The lowest BCUT2D eigenvalue weighted by Gasteiger charge is -2.19. The number of hydrogen-bond acceptors (Lipinski definition) is 5. The molecule has 4 rings (SSSR count). The van der Waals surface area contributed by atoms with E-state index in [-0.39, 0.29) is 5.56 Å². The molecular weight excluding hydrogens is 390 g/mol. The molecule has 3 aromatic rings. The predicted molar refractivity (Wildman–Crippen MR) is 124 cm³/mol. The van der Waals surface area contributed by atoms with Gasteiger partial charge in [0, 0.05) is 6.54 Å². The third-order valence-electron chi connectivity index (χ3n) is 5.92. The van der Waals surface area contributed by atoms with E-state index < -0.39 is 0 Å². The molecule has 1 fully saturated rings. The van der Waals surface area contributed by atoms with Crippen LogP contribution >= 0.6 is 0 Å². The Kier molecular flexibility index (Phi) is 6.87. The van der Waals surface area contributed by atoms with Crippen LogP contribution in [0.3, 0.4) is 0 Å². The Bertz CT molecular complexity index is 1070. The third kappa shape index (κ3) is 5.07. The standard InChI is InChI=1S/C25H31N3O3/c1-19-26-24-13-12-22(30-2)18-23(24)25(29)28(19)20-8-10-21(11-9-20)31-17-7-16-27-14-5-3-4-6-15-27/h8-13,18H,3-7,14-17H2,1-2H3. The van der Waals surface area contributed by atoms with Gasteiger partial charge in [-0.2, -0.15) is 0 Å². The summed E-state index contributed by atoms with van der Waals surface area (Å²) in [6.45, 7) is 6.08. The highest BCUT2D eigenvalue weighted by Gasteiger charge is 2.12. The fourth-order valence-corrected chi connectivity index (χ4v) is 4.24. The van der Waals surface area contributed by atoms with Crippen molar-refractivity contribution in [2.75, 3.05) is 33.4 Å². The summed E-state index contributed by atoms with van der Waals surface area (Å²) < 4.78 is 12.8. The summed E-state index contributed by atoms with van der Waals surface area (Å²) in [7, 11) is 1.59. The average molecular weight is 422 g/mol. The molecule has 0 bridgehead atoms. The number of aryl methyl sites for hydroxylation is 1. The maximum absolute atomic E-state index is 13.1. The largest absolute Gasteiger partial charge is 0.497 e. The average Bonchev–Trinajstić information content (AvgIpc) is 3.06. The smallest absolute Gasteiger partial charge is 0.266 e. The van der Waals surface area contributed by atoms with Crippen LogP contribution in [0.15, 0.2) is 47.3 Å². The molecule has 1 aliphatic heterocycles. The van der Waals surface area contributed by atoms with E-state index in [9.17, 15) is 4.79 Å². The van der Waals surface area contributed by atoms with Crippen molar-refractivity contribution in [3.05, 3.63) is 58.6 Å². The Morgan fingerprint density at radius 3 is 2.39 bits per heavy atom. The van der Waals surface area contributed by atoms with Crippen molar-refractivity contribution in [3.8, 4) is 17.2 Å². The summed E-state index contributed by atoms with van der Waals surface area (Å²) in [4.78, 5) is 20.3. The monoisotopic (exact) mass is 421 g/mol. The topological polar surface area (TPSA) is 56.6 Å². The van der Waals surface area contributed by atoms with E-state index in [1.807, 2.05) is 43.3 Å². The van der Waals surface area contributed by atoms with Gasteiger partial charge in [-0.05, 0) is 81.7 Å². The molecule has 0 spiro atoms. The van der Waals surface area contributed by atoms with Crippen molar-refractivity contribution in [2.45, 2.75) is 39.0 Å². The Labute approximate surface area is 183 Å². The van der Waals surface area contributed by atoms with Gasteiger partial charge in [0.1, 0.15) is 17.3 Å². The van der Waals surface area contributed by atoms with Gasteiger partial charge < -0.3 is 14.4 Å². The number of aromatic nitrogens is 2. The molecule has 6 heteroatoms. The second-order valence-electron chi connectivity index (χ2n) is 8.13. The fourth-order valence-electron chi connectivity index (χ4n) is 4.24. The number of fused-ring (bicyclic) bond motifs is 1. The minimum Gasteiger partial charge on any atom is -0.497 e. The normalized spacial score (nSPS) is 15.0. The van der Waals surface area contributed by atoms with Crippen LogP contribution in [0.5, 0.6) is 11.5 Å². The number of likely N-dealkylation sites (tertiary alicyclic amines) is 1. The maximum Gasteiger partial charge on any atom is 0.266 e. The molecule has 1 aliphatic rings. The van der Waals surface area contributed by atoms with Gasteiger partial charge in [0.25, 0.3) is 5.56 Å². The van der Waals surface area contributed by atoms with Gasteiger partial charge >= 0.3 is 0 Å². The van der Waals surface area contributed by atoms with E-state index in [2.05, 4.69) is 9.88 Å². The Balaban J connectivity index is 1.43. The molecule has 2 aromatic carbocycles. The van der Waals surface area contributed by atoms with E-state index in [1.54, 1.807) is 17.7 Å². The number of ether oxygens (including phenoxy) is 2. The van der Waals surface area contributed by atoms with Crippen molar-refractivity contribution < 1.29 is 9.47 Å². The second-order valence-corrected chi connectivity index (χ2v) is 8.13. The molecule has 31 heavy (non-hydrogen) atoms. The summed E-state index contributed by atoms with van der Waals surface area (Å²) >= 11 is 0. The SMILES string of the molecule is COc1ccc2nc(C)n(-c3ccc(OCCCN4CCCCCC4)cc3)c(=O)c2c1. The van der Waals surface area contributed by atoms with Crippen molar-refractivity contribution >= 4 is 10.9 Å². The van der Waals surface area contributed by atoms with Gasteiger partial charge in [0.05, 0.1) is 30.3 Å². The maximum atomic E-state index is 13.1. The first-order chi connectivity index (χ1) is 15.2. The highest BCUT2D eigenvalue weighted by molar-refractivity contribution is 5.79. The van der Waals surface area contributed by atoms with E-state index in [1.165, 1.54) is 38.8 Å². The Morgan fingerprint density at radius 1 is 0.968 bits per heavy atom. The molecule has 1 aromatic heterocycles. The quantitative estimate of drug-likeness (QED) is 0.531. The van der Waals surface area contributed by atoms with Crippen molar-refractivity contribution in [3.63, 3.8) is 0 Å². The fraction of sp³-hybridized carbons (Fsp3) is 0.440. The van der Waals surface area contributed by atoms with Crippen LogP contribution in [0.2, 0.25) is 0 Å². The Morgan fingerprint density at radius 2 is 1.68 bits per heavy atom. The number of nitrogens with zero attached hydrogens (tertiary/aromatic N) is 3. The van der Waals surface area contributed by atoms with Gasteiger partial charge in [-0.15, -0.1) is 0 Å². The van der Waals surface area contributed by atoms with Crippen LogP contribution < -0.4 is 15.0 Å². The van der Waals surface area contributed by atoms with Crippen LogP contribution in [0, 0.1) is 6.92 Å². The first-order valence-corrected chi connectivity index (χ1v) is 11.2. The van der Waals surface area contributed by atoms with E-state index in [0.717, 1.165) is 24.4 Å². The molecule has 2 heterocycles. The minimum absolute atomic E-state index is 0.104. The summed E-state index contributed by atoms with van der Waals surface area (Å²) in [6, 6.07) is 13.0. The number of hydrogen-bond donors (Lipinski definition) is 0. The minimum atomic E-state index is -0.104. The zero-order valence-electron chi connectivity index (χ0n) is 18.5. The summed E-state index contributed by atoms with van der Waals surface area (Å²) in [5, 5.41) is 0.541. The molecule has 0 N–H and O–H groups in total.